The fourth-order valence-electron chi connectivity index (χ4n) is 5.67. The fourth-order valence-corrected chi connectivity index (χ4v) is 5.67. The Bertz CT molecular complexity index is 1020. The standard InChI is InChI=1S/C24H24N2O4/c27-22-14-21-24(26(22)19(15-30-24)16-5-2-1-3-6-16)10-11-25(21)23(28)18-8-9-20-17(13-18)7-4-12-29-20/h1-3,5-6,8-9,13,19,21H,4,7,10-12,14-15H2/t19-,21+,24-/m0/s1. The molecule has 0 bridgehead atoms. The zero-order valence-corrected chi connectivity index (χ0v) is 16.8. The van der Waals surface area contributed by atoms with Crippen molar-refractivity contribution in [3.63, 3.8) is 0 Å². The highest BCUT2D eigenvalue weighted by molar-refractivity contribution is 5.96. The first-order chi connectivity index (χ1) is 14.7. The van der Waals surface area contributed by atoms with Gasteiger partial charge in [0.2, 0.25) is 5.91 Å². The lowest BCUT2D eigenvalue weighted by Crippen LogP contribution is -2.49. The summed E-state index contributed by atoms with van der Waals surface area (Å²) in [6.07, 6.45) is 2.88. The maximum Gasteiger partial charge on any atom is 0.254 e. The van der Waals surface area contributed by atoms with E-state index in [1.54, 1.807) is 0 Å². The van der Waals surface area contributed by atoms with Gasteiger partial charge in [0.15, 0.2) is 5.72 Å². The third-order valence-electron chi connectivity index (χ3n) is 7.06. The Morgan fingerprint density at radius 2 is 2.00 bits per heavy atom. The van der Waals surface area contributed by atoms with Gasteiger partial charge in [-0.25, -0.2) is 0 Å². The van der Waals surface area contributed by atoms with E-state index in [1.165, 1.54) is 0 Å². The molecule has 0 N–H and O–H groups in total. The second-order valence-corrected chi connectivity index (χ2v) is 8.59. The molecule has 6 rings (SSSR count). The number of carbonyl (C=O) groups is 2. The SMILES string of the molecule is O=C(c1ccc2c(c1)CCCO2)N1CC[C@@]23OC[C@@H](c4ccccc4)N2C(=O)C[C@@H]13. The monoisotopic (exact) mass is 404 g/mol. The van der Waals surface area contributed by atoms with Crippen LogP contribution in [0.1, 0.15) is 46.8 Å². The molecule has 154 valence electrons. The Balaban J connectivity index is 1.30. The molecule has 0 saturated carbocycles. The molecule has 3 fully saturated rings. The molecule has 2 amide bonds. The average Bonchev–Trinajstić information content (AvgIpc) is 3.42. The quantitative estimate of drug-likeness (QED) is 0.772. The van der Waals surface area contributed by atoms with Crippen LogP contribution >= 0.6 is 0 Å². The highest BCUT2D eigenvalue weighted by Gasteiger charge is 2.65. The van der Waals surface area contributed by atoms with Crippen LogP contribution in [0.5, 0.6) is 5.75 Å². The molecule has 30 heavy (non-hydrogen) atoms. The lowest BCUT2D eigenvalue weighted by Gasteiger charge is -2.33. The molecule has 0 aromatic heterocycles. The molecule has 0 aliphatic carbocycles. The van der Waals surface area contributed by atoms with Crippen molar-refractivity contribution in [3.05, 3.63) is 65.2 Å². The molecule has 3 saturated heterocycles. The van der Waals surface area contributed by atoms with Gasteiger partial charge in [-0.2, -0.15) is 0 Å². The van der Waals surface area contributed by atoms with Crippen LogP contribution < -0.4 is 4.74 Å². The highest BCUT2D eigenvalue weighted by atomic mass is 16.5. The Labute approximate surface area is 175 Å². The van der Waals surface area contributed by atoms with Gasteiger partial charge in [-0.15, -0.1) is 0 Å². The number of fused-ring (bicyclic) bond motifs is 1. The number of hydrogen-bond acceptors (Lipinski definition) is 4. The third kappa shape index (κ3) is 2.46. The molecule has 6 heteroatoms. The molecule has 4 aliphatic rings. The lowest BCUT2D eigenvalue weighted by molar-refractivity contribution is -0.138. The van der Waals surface area contributed by atoms with Crippen LogP contribution in [0, 0.1) is 0 Å². The number of amides is 2. The second kappa shape index (κ2) is 6.57. The lowest BCUT2D eigenvalue weighted by atomic mass is 10.0. The summed E-state index contributed by atoms with van der Waals surface area (Å²) < 4.78 is 12.0. The van der Waals surface area contributed by atoms with Gasteiger partial charge in [0.1, 0.15) is 5.75 Å². The van der Waals surface area contributed by atoms with Gasteiger partial charge >= 0.3 is 0 Å². The molecule has 2 aromatic carbocycles. The van der Waals surface area contributed by atoms with Crippen molar-refractivity contribution >= 4 is 11.8 Å². The van der Waals surface area contributed by atoms with Gasteiger partial charge in [0.05, 0.1) is 31.7 Å². The largest absolute Gasteiger partial charge is 0.493 e. The van der Waals surface area contributed by atoms with Gasteiger partial charge in [-0.05, 0) is 42.2 Å². The van der Waals surface area contributed by atoms with Gasteiger partial charge in [-0.3, -0.25) is 9.59 Å². The first kappa shape index (κ1) is 18.0. The number of aryl methyl sites for hydroxylation is 1. The number of carbonyl (C=O) groups excluding carboxylic acids is 2. The molecule has 6 nitrogen and oxygen atoms in total. The van der Waals surface area contributed by atoms with Gasteiger partial charge < -0.3 is 19.3 Å². The molecule has 0 unspecified atom stereocenters. The zero-order chi connectivity index (χ0) is 20.3. The minimum absolute atomic E-state index is 0.0216. The number of benzene rings is 2. The van der Waals surface area contributed by atoms with Crippen LogP contribution in [-0.2, 0) is 16.0 Å². The maximum atomic E-state index is 13.4. The van der Waals surface area contributed by atoms with E-state index in [9.17, 15) is 9.59 Å². The summed E-state index contributed by atoms with van der Waals surface area (Å²) in [7, 11) is 0. The molecule has 4 heterocycles. The summed E-state index contributed by atoms with van der Waals surface area (Å²) in [5.41, 5.74) is 2.15. The number of likely N-dealkylation sites (tertiary alicyclic amines) is 1. The van der Waals surface area contributed by atoms with Crippen molar-refractivity contribution in [2.24, 2.45) is 0 Å². The number of rotatable bonds is 2. The molecular formula is C24H24N2O4. The predicted molar refractivity (Wildman–Crippen MR) is 109 cm³/mol. The minimum Gasteiger partial charge on any atom is -0.493 e. The molecule has 0 radical (unpaired) electrons. The molecular weight excluding hydrogens is 380 g/mol. The van der Waals surface area contributed by atoms with Crippen molar-refractivity contribution in [3.8, 4) is 5.75 Å². The molecule has 2 aromatic rings. The van der Waals surface area contributed by atoms with E-state index >= 15 is 0 Å². The first-order valence-electron chi connectivity index (χ1n) is 10.8. The normalized spacial score (nSPS) is 29.4. The Hall–Kier alpha value is -2.86. The van der Waals surface area contributed by atoms with E-state index in [-0.39, 0.29) is 23.9 Å². The maximum absolute atomic E-state index is 13.4. The minimum atomic E-state index is -0.690. The Morgan fingerprint density at radius 1 is 1.13 bits per heavy atom. The van der Waals surface area contributed by atoms with E-state index < -0.39 is 5.72 Å². The van der Waals surface area contributed by atoms with Crippen LogP contribution in [0.4, 0.5) is 0 Å². The summed E-state index contributed by atoms with van der Waals surface area (Å²) in [6.45, 7) is 1.81. The Kier molecular flexibility index (Phi) is 3.93. The number of hydrogen-bond donors (Lipinski definition) is 0. The van der Waals surface area contributed by atoms with Crippen LogP contribution in [0.15, 0.2) is 48.5 Å². The van der Waals surface area contributed by atoms with Crippen LogP contribution in [0.3, 0.4) is 0 Å². The highest BCUT2D eigenvalue weighted by Crippen LogP contribution is 2.51. The average molecular weight is 404 g/mol. The molecule has 4 aliphatic heterocycles. The Morgan fingerprint density at radius 3 is 2.87 bits per heavy atom. The van der Waals surface area contributed by atoms with E-state index in [1.807, 2.05) is 58.3 Å². The second-order valence-electron chi connectivity index (χ2n) is 8.59. The van der Waals surface area contributed by atoms with Crippen molar-refractivity contribution in [1.82, 2.24) is 9.80 Å². The van der Waals surface area contributed by atoms with E-state index in [2.05, 4.69) is 0 Å². The summed E-state index contributed by atoms with van der Waals surface area (Å²) in [4.78, 5) is 30.2. The summed E-state index contributed by atoms with van der Waals surface area (Å²) in [6, 6.07) is 15.4. The number of ether oxygens (including phenoxy) is 2. The zero-order valence-electron chi connectivity index (χ0n) is 16.8. The summed E-state index contributed by atoms with van der Waals surface area (Å²) >= 11 is 0. The summed E-state index contributed by atoms with van der Waals surface area (Å²) in [5.74, 6) is 0.928. The van der Waals surface area contributed by atoms with Crippen LogP contribution in [-0.4, -0.2) is 53.1 Å². The van der Waals surface area contributed by atoms with Gasteiger partial charge in [0.25, 0.3) is 5.91 Å². The van der Waals surface area contributed by atoms with Gasteiger partial charge in [0, 0.05) is 18.5 Å². The molecule has 3 atom stereocenters. The molecule has 1 spiro atoms. The number of nitrogens with zero attached hydrogens (tertiary/aromatic N) is 2. The van der Waals surface area contributed by atoms with Gasteiger partial charge in [-0.1, -0.05) is 30.3 Å². The summed E-state index contributed by atoms with van der Waals surface area (Å²) in [5, 5.41) is 0. The van der Waals surface area contributed by atoms with E-state index in [0.717, 1.165) is 36.3 Å². The van der Waals surface area contributed by atoms with Crippen molar-refractivity contribution < 1.29 is 19.1 Å². The van der Waals surface area contributed by atoms with Crippen molar-refractivity contribution in [2.45, 2.75) is 43.5 Å². The topological polar surface area (TPSA) is 59.1 Å². The van der Waals surface area contributed by atoms with Crippen molar-refractivity contribution in [1.29, 1.82) is 0 Å². The smallest absolute Gasteiger partial charge is 0.254 e. The first-order valence-corrected chi connectivity index (χ1v) is 10.8. The van der Waals surface area contributed by atoms with E-state index in [0.29, 0.717) is 31.6 Å². The van der Waals surface area contributed by atoms with Crippen LogP contribution in [0.25, 0.3) is 0 Å². The third-order valence-corrected chi connectivity index (χ3v) is 7.06. The predicted octanol–water partition coefficient (Wildman–Crippen LogP) is 2.93. The van der Waals surface area contributed by atoms with E-state index in [4.69, 9.17) is 9.47 Å². The fraction of sp³-hybridized carbons (Fsp3) is 0.417. The van der Waals surface area contributed by atoms with Crippen LogP contribution in [0.2, 0.25) is 0 Å². The van der Waals surface area contributed by atoms with Crippen molar-refractivity contribution in [2.75, 3.05) is 19.8 Å².